The SMILES string of the molecule is Cc1nc([C@@H]2CCCCN2C(=O)c2ccc(=O)n(C)c2)ncc1C(=O)N1CCCCC1. The highest BCUT2D eigenvalue weighted by atomic mass is 16.2. The lowest BCUT2D eigenvalue weighted by atomic mass is 10.00. The topological polar surface area (TPSA) is 88.4 Å². The summed E-state index contributed by atoms with van der Waals surface area (Å²) in [5, 5.41) is 0. The van der Waals surface area contributed by atoms with Crippen molar-refractivity contribution in [3.05, 3.63) is 57.5 Å². The van der Waals surface area contributed by atoms with Crippen molar-refractivity contribution in [2.45, 2.75) is 51.5 Å². The Bertz CT molecular complexity index is 1040. The van der Waals surface area contributed by atoms with E-state index in [0.717, 1.165) is 45.2 Å². The van der Waals surface area contributed by atoms with E-state index in [1.807, 2.05) is 11.8 Å². The number of carbonyl (C=O) groups is 2. The van der Waals surface area contributed by atoms with Gasteiger partial charge in [-0.15, -0.1) is 0 Å². The van der Waals surface area contributed by atoms with Crippen LogP contribution in [-0.2, 0) is 7.05 Å². The lowest BCUT2D eigenvalue weighted by Gasteiger charge is -2.35. The van der Waals surface area contributed by atoms with E-state index >= 15 is 0 Å². The van der Waals surface area contributed by atoms with Crippen LogP contribution in [0, 0.1) is 6.92 Å². The molecule has 2 aromatic rings. The minimum absolute atomic E-state index is 0.00877. The first-order valence-corrected chi connectivity index (χ1v) is 11.1. The third-order valence-electron chi connectivity index (χ3n) is 6.27. The van der Waals surface area contributed by atoms with Crippen LogP contribution < -0.4 is 5.56 Å². The molecule has 2 saturated heterocycles. The first kappa shape index (κ1) is 21.2. The largest absolute Gasteiger partial charge is 0.339 e. The van der Waals surface area contributed by atoms with E-state index in [1.165, 1.54) is 17.1 Å². The molecule has 164 valence electrons. The van der Waals surface area contributed by atoms with Crippen molar-refractivity contribution in [2.75, 3.05) is 19.6 Å². The van der Waals surface area contributed by atoms with Gasteiger partial charge in [-0.25, -0.2) is 9.97 Å². The van der Waals surface area contributed by atoms with Gasteiger partial charge in [-0.1, -0.05) is 0 Å². The molecule has 0 N–H and O–H groups in total. The minimum atomic E-state index is -0.240. The molecule has 8 heteroatoms. The van der Waals surface area contributed by atoms with Gasteiger partial charge in [-0.2, -0.15) is 0 Å². The minimum Gasteiger partial charge on any atom is -0.339 e. The van der Waals surface area contributed by atoms with Gasteiger partial charge >= 0.3 is 0 Å². The van der Waals surface area contributed by atoms with Crippen molar-refractivity contribution in [3.8, 4) is 0 Å². The fourth-order valence-corrected chi connectivity index (χ4v) is 4.45. The molecule has 2 amide bonds. The zero-order chi connectivity index (χ0) is 22.0. The number of piperidine rings is 2. The summed E-state index contributed by atoms with van der Waals surface area (Å²) in [7, 11) is 1.64. The van der Waals surface area contributed by atoms with Crippen LogP contribution in [0.5, 0.6) is 0 Å². The van der Waals surface area contributed by atoms with Crippen LogP contribution in [0.2, 0.25) is 0 Å². The van der Waals surface area contributed by atoms with Gasteiger partial charge in [0.15, 0.2) is 5.82 Å². The molecule has 2 aromatic heterocycles. The second kappa shape index (κ2) is 8.99. The number of aromatic nitrogens is 3. The number of pyridine rings is 1. The van der Waals surface area contributed by atoms with E-state index in [0.29, 0.717) is 29.2 Å². The molecule has 8 nitrogen and oxygen atoms in total. The average molecular weight is 424 g/mol. The highest BCUT2D eigenvalue weighted by Crippen LogP contribution is 2.30. The number of rotatable bonds is 3. The first-order chi connectivity index (χ1) is 15.0. The monoisotopic (exact) mass is 423 g/mol. The van der Waals surface area contributed by atoms with Crippen molar-refractivity contribution in [1.29, 1.82) is 0 Å². The van der Waals surface area contributed by atoms with E-state index in [2.05, 4.69) is 9.97 Å². The van der Waals surface area contributed by atoms with E-state index < -0.39 is 0 Å². The molecule has 0 aromatic carbocycles. The molecule has 0 radical (unpaired) electrons. The maximum atomic E-state index is 13.2. The molecule has 1 atom stereocenters. The molecule has 0 bridgehead atoms. The summed E-state index contributed by atoms with van der Waals surface area (Å²) in [4.78, 5) is 50.6. The van der Waals surface area contributed by atoms with Crippen LogP contribution in [0.15, 0.2) is 29.3 Å². The molecule has 0 unspecified atom stereocenters. The lowest BCUT2D eigenvalue weighted by Crippen LogP contribution is -2.40. The van der Waals surface area contributed by atoms with Gasteiger partial charge in [0.1, 0.15) is 0 Å². The molecular weight excluding hydrogens is 394 g/mol. The Labute approximate surface area is 181 Å². The number of hydrogen-bond acceptors (Lipinski definition) is 5. The first-order valence-electron chi connectivity index (χ1n) is 11.1. The fraction of sp³-hybridized carbons (Fsp3) is 0.522. The van der Waals surface area contributed by atoms with Crippen molar-refractivity contribution in [3.63, 3.8) is 0 Å². The Hall–Kier alpha value is -3.03. The lowest BCUT2D eigenvalue weighted by molar-refractivity contribution is 0.0596. The standard InChI is InChI=1S/C23H29N5O3/c1-16-18(23(31)27-11-5-3-6-12-27)14-24-21(25-16)19-8-4-7-13-28(19)22(30)17-9-10-20(29)26(2)15-17/h9-10,14-15,19H,3-8,11-13H2,1-2H3/t19-/m0/s1. The molecule has 2 aliphatic heterocycles. The maximum Gasteiger partial charge on any atom is 0.257 e. The average Bonchev–Trinajstić information content (AvgIpc) is 2.80. The van der Waals surface area contributed by atoms with Gasteiger partial charge in [-0.05, 0) is 51.5 Å². The highest BCUT2D eigenvalue weighted by molar-refractivity contribution is 5.95. The predicted molar refractivity (Wildman–Crippen MR) is 116 cm³/mol. The third-order valence-corrected chi connectivity index (χ3v) is 6.27. The molecule has 4 heterocycles. The summed E-state index contributed by atoms with van der Waals surface area (Å²) >= 11 is 0. The quantitative estimate of drug-likeness (QED) is 0.757. The molecule has 31 heavy (non-hydrogen) atoms. The second-order valence-corrected chi connectivity index (χ2v) is 8.46. The van der Waals surface area contributed by atoms with Crippen molar-refractivity contribution < 1.29 is 9.59 Å². The summed E-state index contributed by atoms with van der Waals surface area (Å²) in [6.45, 7) is 4.02. The van der Waals surface area contributed by atoms with Crippen molar-refractivity contribution >= 4 is 11.8 Å². The number of carbonyl (C=O) groups excluding carboxylic acids is 2. The number of nitrogens with zero attached hydrogens (tertiary/aromatic N) is 5. The summed E-state index contributed by atoms with van der Waals surface area (Å²) in [6, 6.07) is 2.74. The van der Waals surface area contributed by atoms with E-state index in [4.69, 9.17) is 0 Å². The predicted octanol–water partition coefficient (Wildman–Crippen LogP) is 2.48. The molecular formula is C23H29N5O3. The Morgan fingerprint density at radius 2 is 1.74 bits per heavy atom. The third kappa shape index (κ3) is 4.38. The Balaban J connectivity index is 1.58. The molecule has 0 saturated carbocycles. The van der Waals surface area contributed by atoms with Crippen molar-refractivity contribution in [1.82, 2.24) is 24.3 Å². The van der Waals surface area contributed by atoms with Crippen LogP contribution >= 0.6 is 0 Å². The van der Waals surface area contributed by atoms with Gasteiger partial charge < -0.3 is 14.4 Å². The van der Waals surface area contributed by atoms with Gasteiger partial charge in [0.25, 0.3) is 11.8 Å². The summed E-state index contributed by atoms with van der Waals surface area (Å²) in [5.74, 6) is 0.436. The molecule has 2 fully saturated rings. The van der Waals surface area contributed by atoms with Crippen LogP contribution in [0.25, 0.3) is 0 Å². The van der Waals surface area contributed by atoms with Crippen LogP contribution in [0.4, 0.5) is 0 Å². The van der Waals surface area contributed by atoms with E-state index in [9.17, 15) is 14.4 Å². The molecule has 2 aliphatic rings. The van der Waals surface area contributed by atoms with Crippen LogP contribution in [0.3, 0.4) is 0 Å². The Morgan fingerprint density at radius 1 is 1.00 bits per heavy atom. The summed E-state index contributed by atoms with van der Waals surface area (Å²) < 4.78 is 1.41. The smallest absolute Gasteiger partial charge is 0.257 e. The number of likely N-dealkylation sites (tertiary alicyclic amines) is 2. The molecule has 0 spiro atoms. The van der Waals surface area contributed by atoms with Crippen molar-refractivity contribution in [2.24, 2.45) is 7.05 Å². The Kier molecular flexibility index (Phi) is 6.15. The number of amides is 2. The zero-order valence-corrected chi connectivity index (χ0v) is 18.2. The fourth-order valence-electron chi connectivity index (χ4n) is 4.45. The van der Waals surface area contributed by atoms with Gasteiger partial charge in [0.2, 0.25) is 5.56 Å². The Morgan fingerprint density at radius 3 is 2.45 bits per heavy atom. The van der Waals surface area contributed by atoms with Gasteiger partial charge in [0, 0.05) is 45.1 Å². The highest BCUT2D eigenvalue weighted by Gasteiger charge is 2.31. The van der Waals surface area contributed by atoms with Crippen LogP contribution in [0.1, 0.15) is 76.8 Å². The van der Waals surface area contributed by atoms with Crippen LogP contribution in [-0.4, -0.2) is 55.8 Å². The number of aryl methyl sites for hydroxylation is 2. The second-order valence-electron chi connectivity index (χ2n) is 8.46. The van der Waals surface area contributed by atoms with Gasteiger partial charge in [0.05, 0.1) is 22.9 Å². The molecule has 4 rings (SSSR count). The maximum absolute atomic E-state index is 13.2. The van der Waals surface area contributed by atoms with E-state index in [-0.39, 0.29) is 23.4 Å². The van der Waals surface area contributed by atoms with E-state index in [1.54, 1.807) is 30.4 Å². The molecule has 0 aliphatic carbocycles. The summed E-state index contributed by atoms with van der Waals surface area (Å²) in [6.07, 6.45) is 9.11. The van der Waals surface area contributed by atoms with Gasteiger partial charge in [-0.3, -0.25) is 14.4 Å². The normalized spacial score (nSPS) is 19.4. The zero-order valence-electron chi connectivity index (χ0n) is 18.2. The summed E-state index contributed by atoms with van der Waals surface area (Å²) in [5.41, 5.74) is 1.51. The number of hydrogen-bond donors (Lipinski definition) is 0.